The number of ether oxygens (including phenoxy) is 2. The summed E-state index contributed by atoms with van der Waals surface area (Å²) >= 11 is 0. The molecule has 0 aliphatic rings. The molecule has 1 aromatic heterocycles. The summed E-state index contributed by atoms with van der Waals surface area (Å²) in [7, 11) is 3.01. The number of aryl methyl sites for hydroxylation is 1. The SMILES string of the molecule is COc1cc(/C=C/C(=O)N(C)Cc2ccc(C)o2)ccc1OC(F)F. The molecule has 134 valence electrons. The third-order valence-corrected chi connectivity index (χ3v) is 3.39. The number of alkyl halides is 2. The quantitative estimate of drug-likeness (QED) is 0.711. The van der Waals surface area contributed by atoms with Crippen LogP contribution in [0.2, 0.25) is 0 Å². The average Bonchev–Trinajstić information content (AvgIpc) is 2.97. The number of hydrogen-bond acceptors (Lipinski definition) is 4. The monoisotopic (exact) mass is 351 g/mol. The predicted octanol–water partition coefficient (Wildman–Crippen LogP) is 3.87. The van der Waals surface area contributed by atoms with Crippen LogP contribution < -0.4 is 9.47 Å². The molecule has 0 saturated carbocycles. The van der Waals surface area contributed by atoms with Crippen molar-refractivity contribution in [2.75, 3.05) is 14.2 Å². The molecule has 2 rings (SSSR count). The lowest BCUT2D eigenvalue weighted by atomic mass is 10.2. The number of benzene rings is 1. The second-order valence-electron chi connectivity index (χ2n) is 5.33. The highest BCUT2D eigenvalue weighted by atomic mass is 19.3. The molecule has 5 nitrogen and oxygen atoms in total. The minimum absolute atomic E-state index is 0.0636. The van der Waals surface area contributed by atoms with E-state index in [1.807, 2.05) is 19.1 Å². The summed E-state index contributed by atoms with van der Waals surface area (Å²) in [5.74, 6) is 1.35. The van der Waals surface area contributed by atoms with Gasteiger partial charge in [-0.15, -0.1) is 0 Å². The summed E-state index contributed by atoms with van der Waals surface area (Å²) in [6.07, 6.45) is 2.96. The molecule has 0 aliphatic carbocycles. The van der Waals surface area contributed by atoms with Gasteiger partial charge in [0.2, 0.25) is 5.91 Å². The number of furan rings is 1. The van der Waals surface area contributed by atoms with Gasteiger partial charge in [-0.2, -0.15) is 8.78 Å². The molecule has 1 amide bonds. The van der Waals surface area contributed by atoms with E-state index in [0.717, 1.165) is 5.76 Å². The Balaban J connectivity index is 2.03. The minimum atomic E-state index is -2.93. The summed E-state index contributed by atoms with van der Waals surface area (Å²) in [6.45, 7) is -0.752. The number of likely N-dealkylation sites (N-methyl/N-ethyl adjacent to an activating group) is 1. The number of amides is 1. The van der Waals surface area contributed by atoms with E-state index < -0.39 is 6.61 Å². The van der Waals surface area contributed by atoms with E-state index in [1.165, 1.54) is 30.2 Å². The van der Waals surface area contributed by atoms with Crippen LogP contribution in [-0.2, 0) is 11.3 Å². The summed E-state index contributed by atoms with van der Waals surface area (Å²) in [6, 6.07) is 8.08. The summed E-state index contributed by atoms with van der Waals surface area (Å²) in [5, 5.41) is 0. The van der Waals surface area contributed by atoms with Crippen LogP contribution in [0.5, 0.6) is 11.5 Å². The maximum Gasteiger partial charge on any atom is 0.387 e. The maximum atomic E-state index is 12.3. The lowest BCUT2D eigenvalue weighted by Gasteiger charge is -2.13. The predicted molar refractivity (Wildman–Crippen MR) is 88.6 cm³/mol. The molecule has 0 aliphatic heterocycles. The smallest absolute Gasteiger partial charge is 0.387 e. The molecular formula is C18H19F2NO4. The Hall–Kier alpha value is -2.83. The Morgan fingerprint density at radius 2 is 2.04 bits per heavy atom. The normalized spacial score (nSPS) is 11.1. The van der Waals surface area contributed by atoms with E-state index in [0.29, 0.717) is 17.9 Å². The zero-order valence-electron chi connectivity index (χ0n) is 14.2. The van der Waals surface area contributed by atoms with Crippen molar-refractivity contribution >= 4 is 12.0 Å². The fourth-order valence-electron chi connectivity index (χ4n) is 2.16. The molecule has 1 aromatic carbocycles. The summed E-state index contributed by atoms with van der Waals surface area (Å²) in [5.41, 5.74) is 0.619. The Morgan fingerprint density at radius 3 is 2.64 bits per heavy atom. The molecule has 0 spiro atoms. The Labute approximate surface area is 144 Å². The topological polar surface area (TPSA) is 51.9 Å². The van der Waals surface area contributed by atoms with Crippen molar-refractivity contribution in [3.8, 4) is 11.5 Å². The van der Waals surface area contributed by atoms with E-state index in [9.17, 15) is 13.6 Å². The fraction of sp³-hybridized carbons (Fsp3) is 0.278. The van der Waals surface area contributed by atoms with Crippen LogP contribution in [0, 0.1) is 6.92 Å². The van der Waals surface area contributed by atoms with Crippen LogP contribution in [0.15, 0.2) is 40.8 Å². The molecular weight excluding hydrogens is 332 g/mol. The highest BCUT2D eigenvalue weighted by Gasteiger charge is 2.11. The second-order valence-corrected chi connectivity index (χ2v) is 5.33. The van der Waals surface area contributed by atoms with Crippen LogP contribution >= 0.6 is 0 Å². The molecule has 0 bridgehead atoms. The van der Waals surface area contributed by atoms with Crippen LogP contribution in [0.1, 0.15) is 17.1 Å². The fourth-order valence-corrected chi connectivity index (χ4v) is 2.16. The van der Waals surface area contributed by atoms with E-state index >= 15 is 0 Å². The summed E-state index contributed by atoms with van der Waals surface area (Å²) in [4.78, 5) is 13.6. The first-order valence-corrected chi connectivity index (χ1v) is 7.50. The first-order chi connectivity index (χ1) is 11.9. The van der Waals surface area contributed by atoms with Gasteiger partial charge < -0.3 is 18.8 Å². The van der Waals surface area contributed by atoms with E-state index in [-0.39, 0.29) is 17.4 Å². The highest BCUT2D eigenvalue weighted by molar-refractivity contribution is 5.91. The third-order valence-electron chi connectivity index (χ3n) is 3.39. The highest BCUT2D eigenvalue weighted by Crippen LogP contribution is 2.29. The first-order valence-electron chi connectivity index (χ1n) is 7.50. The van der Waals surface area contributed by atoms with Gasteiger partial charge in [-0.25, -0.2) is 0 Å². The molecule has 25 heavy (non-hydrogen) atoms. The van der Waals surface area contributed by atoms with Gasteiger partial charge in [-0.3, -0.25) is 4.79 Å². The molecule has 0 N–H and O–H groups in total. The Kier molecular flexibility index (Phi) is 6.16. The second kappa shape index (κ2) is 8.32. The van der Waals surface area contributed by atoms with Crippen molar-refractivity contribution in [3.63, 3.8) is 0 Å². The van der Waals surface area contributed by atoms with Crippen LogP contribution in [-0.4, -0.2) is 31.6 Å². The third kappa shape index (κ3) is 5.34. The van der Waals surface area contributed by atoms with Crippen molar-refractivity contribution in [2.45, 2.75) is 20.1 Å². The standard InChI is InChI=1S/C18H19F2NO4/c1-12-4-7-14(24-12)11-21(2)17(22)9-6-13-5-8-15(25-18(19)20)16(10-13)23-3/h4-10,18H,11H2,1-3H3/b9-6+. The van der Waals surface area contributed by atoms with Crippen LogP contribution in [0.25, 0.3) is 6.08 Å². The van der Waals surface area contributed by atoms with Gasteiger partial charge in [0.15, 0.2) is 11.5 Å². The van der Waals surface area contributed by atoms with Crippen LogP contribution in [0.3, 0.4) is 0 Å². The summed E-state index contributed by atoms with van der Waals surface area (Å²) < 4.78 is 39.4. The number of rotatable bonds is 7. The lowest BCUT2D eigenvalue weighted by molar-refractivity contribution is -0.125. The molecule has 0 atom stereocenters. The molecule has 0 radical (unpaired) electrons. The maximum absolute atomic E-state index is 12.3. The van der Waals surface area contributed by atoms with E-state index in [4.69, 9.17) is 9.15 Å². The minimum Gasteiger partial charge on any atom is -0.493 e. The molecule has 2 aromatic rings. The van der Waals surface area contributed by atoms with Gasteiger partial charge in [-0.05, 0) is 42.8 Å². The largest absolute Gasteiger partial charge is 0.493 e. The number of carbonyl (C=O) groups is 1. The molecule has 0 saturated heterocycles. The Morgan fingerprint density at radius 1 is 1.28 bits per heavy atom. The Bertz CT molecular complexity index is 755. The van der Waals surface area contributed by atoms with Crippen molar-refractivity contribution in [1.29, 1.82) is 0 Å². The first kappa shape index (κ1) is 18.5. The van der Waals surface area contributed by atoms with Crippen LogP contribution in [0.4, 0.5) is 8.78 Å². The number of halogens is 2. The van der Waals surface area contributed by atoms with Crippen molar-refractivity contribution in [2.24, 2.45) is 0 Å². The lowest BCUT2D eigenvalue weighted by Crippen LogP contribution is -2.23. The van der Waals surface area contributed by atoms with E-state index in [2.05, 4.69) is 4.74 Å². The van der Waals surface area contributed by atoms with Gasteiger partial charge in [-0.1, -0.05) is 6.07 Å². The number of methoxy groups -OCH3 is 1. The zero-order valence-corrected chi connectivity index (χ0v) is 14.2. The average molecular weight is 351 g/mol. The van der Waals surface area contributed by atoms with Crippen molar-refractivity contribution < 1.29 is 27.5 Å². The van der Waals surface area contributed by atoms with Gasteiger partial charge in [0, 0.05) is 13.1 Å². The number of hydrogen-bond donors (Lipinski definition) is 0. The van der Waals surface area contributed by atoms with E-state index in [1.54, 1.807) is 19.2 Å². The van der Waals surface area contributed by atoms with Gasteiger partial charge >= 0.3 is 6.61 Å². The molecule has 0 fully saturated rings. The zero-order chi connectivity index (χ0) is 18.4. The molecule has 7 heteroatoms. The number of nitrogens with zero attached hydrogens (tertiary/aromatic N) is 1. The van der Waals surface area contributed by atoms with Gasteiger partial charge in [0.1, 0.15) is 11.5 Å². The molecule has 0 unspecified atom stereocenters. The molecule has 1 heterocycles. The van der Waals surface area contributed by atoms with Gasteiger partial charge in [0.05, 0.1) is 13.7 Å². The number of carbonyl (C=O) groups excluding carboxylic acids is 1. The van der Waals surface area contributed by atoms with Crippen molar-refractivity contribution in [3.05, 3.63) is 53.5 Å². The van der Waals surface area contributed by atoms with Gasteiger partial charge in [0.25, 0.3) is 0 Å². The van der Waals surface area contributed by atoms with Crippen molar-refractivity contribution in [1.82, 2.24) is 4.90 Å².